The number of hydrogen-bond donors (Lipinski definition) is 4. The first kappa shape index (κ1) is 18.4. The standard InChI is InChI=1S/C16H16BrN9O2S/c17-13-18-5-9(29-13)6-19-14-23-11-7(3-10-12(27)24-16(28)22-10)4-20-26(11)15(25-14)21-8-1-2-8/h3-4,8-9H,1-2,5-6H2,(H2,19,21,23,25)(H2,22,24,27,28)/b10-3-. The summed E-state index contributed by atoms with van der Waals surface area (Å²) in [5.74, 6) is 0.562. The molecule has 11 nitrogen and oxygen atoms in total. The van der Waals surface area contributed by atoms with Crippen LogP contribution in [0.5, 0.6) is 0 Å². The minimum atomic E-state index is -0.548. The van der Waals surface area contributed by atoms with Crippen LogP contribution in [-0.2, 0) is 4.79 Å². The van der Waals surface area contributed by atoms with Crippen LogP contribution in [0.15, 0.2) is 16.9 Å². The number of nitrogens with zero attached hydrogens (tertiary/aromatic N) is 5. The van der Waals surface area contributed by atoms with Gasteiger partial charge in [-0.15, -0.1) is 0 Å². The Morgan fingerprint density at radius 3 is 2.86 bits per heavy atom. The van der Waals surface area contributed by atoms with Gasteiger partial charge in [-0.05, 0) is 34.8 Å². The lowest BCUT2D eigenvalue weighted by Crippen LogP contribution is -2.22. The topological polar surface area (TPSA) is 138 Å². The van der Waals surface area contributed by atoms with Crippen molar-refractivity contribution in [2.75, 3.05) is 23.7 Å². The van der Waals surface area contributed by atoms with E-state index in [-0.39, 0.29) is 5.70 Å². The number of hydrogen-bond acceptors (Lipinski definition) is 9. The zero-order chi connectivity index (χ0) is 20.0. The molecule has 2 aromatic rings. The van der Waals surface area contributed by atoms with Crippen molar-refractivity contribution in [2.24, 2.45) is 4.99 Å². The lowest BCUT2D eigenvalue weighted by atomic mass is 10.2. The van der Waals surface area contributed by atoms with Crippen LogP contribution in [0.2, 0.25) is 0 Å². The third-order valence-corrected chi connectivity index (χ3v) is 6.28. The molecule has 0 radical (unpaired) electrons. The Kier molecular flexibility index (Phi) is 4.62. The molecule has 4 N–H and O–H groups in total. The first-order valence-electron chi connectivity index (χ1n) is 9.02. The molecule has 1 atom stereocenters. The van der Waals surface area contributed by atoms with Gasteiger partial charge in [0.15, 0.2) is 5.65 Å². The van der Waals surface area contributed by atoms with Gasteiger partial charge in [0.2, 0.25) is 11.9 Å². The second-order valence-electron chi connectivity index (χ2n) is 6.81. The van der Waals surface area contributed by atoms with Crippen LogP contribution in [0.25, 0.3) is 11.7 Å². The van der Waals surface area contributed by atoms with E-state index < -0.39 is 11.9 Å². The molecule has 0 aromatic carbocycles. The van der Waals surface area contributed by atoms with Crippen molar-refractivity contribution in [3.8, 4) is 0 Å². The second kappa shape index (κ2) is 7.30. The van der Waals surface area contributed by atoms with Crippen LogP contribution < -0.4 is 21.3 Å². The summed E-state index contributed by atoms with van der Waals surface area (Å²) in [5, 5.41) is 15.9. The molecule has 1 saturated heterocycles. The fourth-order valence-electron chi connectivity index (χ4n) is 2.91. The van der Waals surface area contributed by atoms with Crippen molar-refractivity contribution in [1.82, 2.24) is 30.2 Å². The Balaban J connectivity index is 1.46. The SMILES string of the molecule is O=C1NC(=O)/C(=C/c2cnn3c(NC4CC4)nc(NCC4CN=C(Br)S4)nc23)N1. The number of anilines is 2. The summed E-state index contributed by atoms with van der Waals surface area (Å²) in [7, 11) is 0. The number of carbonyl (C=O) groups is 2. The van der Waals surface area contributed by atoms with Crippen LogP contribution in [0.1, 0.15) is 18.4 Å². The smallest absolute Gasteiger partial charge is 0.326 e. The Hall–Kier alpha value is -2.67. The average molecular weight is 478 g/mol. The van der Waals surface area contributed by atoms with Crippen molar-refractivity contribution in [2.45, 2.75) is 24.1 Å². The van der Waals surface area contributed by atoms with E-state index in [1.54, 1.807) is 28.6 Å². The van der Waals surface area contributed by atoms with E-state index in [2.05, 4.69) is 57.3 Å². The van der Waals surface area contributed by atoms with Gasteiger partial charge in [0.05, 0.1) is 12.7 Å². The Morgan fingerprint density at radius 1 is 1.31 bits per heavy atom. The van der Waals surface area contributed by atoms with Crippen LogP contribution >= 0.6 is 27.7 Å². The van der Waals surface area contributed by atoms with Gasteiger partial charge < -0.3 is 16.0 Å². The number of imide groups is 1. The summed E-state index contributed by atoms with van der Waals surface area (Å²) < 4.78 is 2.51. The van der Waals surface area contributed by atoms with Gasteiger partial charge in [-0.25, -0.2) is 4.79 Å². The first-order valence-corrected chi connectivity index (χ1v) is 10.7. The second-order valence-corrected chi connectivity index (χ2v) is 9.37. The van der Waals surface area contributed by atoms with Gasteiger partial charge >= 0.3 is 6.03 Å². The van der Waals surface area contributed by atoms with E-state index in [1.807, 2.05) is 0 Å². The predicted molar refractivity (Wildman–Crippen MR) is 113 cm³/mol. The maximum absolute atomic E-state index is 11.8. The number of carbonyl (C=O) groups excluding carboxylic acids is 2. The summed E-state index contributed by atoms with van der Waals surface area (Å²) in [6.07, 6.45) is 5.32. The number of nitrogens with one attached hydrogen (secondary N) is 4. The highest BCUT2D eigenvalue weighted by molar-refractivity contribution is 9.22. The average Bonchev–Trinajstić information content (AvgIpc) is 3.10. The van der Waals surface area contributed by atoms with Crippen molar-refractivity contribution in [1.29, 1.82) is 0 Å². The summed E-state index contributed by atoms with van der Waals surface area (Å²) in [4.78, 5) is 36.7. The minimum absolute atomic E-state index is 0.152. The molecular formula is C16H16BrN9O2S. The minimum Gasteiger partial charge on any atom is -0.353 e. The van der Waals surface area contributed by atoms with Crippen molar-refractivity contribution >= 4 is 67.2 Å². The summed E-state index contributed by atoms with van der Waals surface area (Å²) in [5.41, 5.74) is 1.28. The lowest BCUT2D eigenvalue weighted by Gasteiger charge is -2.12. The fraction of sp³-hybridized carbons (Fsp3) is 0.375. The molecule has 1 saturated carbocycles. The maximum Gasteiger partial charge on any atom is 0.326 e. The van der Waals surface area contributed by atoms with Gasteiger partial charge in [-0.3, -0.25) is 15.1 Å². The number of aromatic nitrogens is 4. The van der Waals surface area contributed by atoms with Gasteiger partial charge in [0.25, 0.3) is 5.91 Å². The quantitative estimate of drug-likeness (QED) is 0.359. The molecule has 5 rings (SSSR count). The number of rotatable bonds is 6. The Labute approximate surface area is 177 Å². The van der Waals surface area contributed by atoms with E-state index in [9.17, 15) is 9.59 Å². The zero-order valence-electron chi connectivity index (χ0n) is 15.0. The predicted octanol–water partition coefficient (Wildman–Crippen LogP) is 1.16. The molecule has 3 amide bonds. The van der Waals surface area contributed by atoms with E-state index >= 15 is 0 Å². The van der Waals surface area contributed by atoms with Gasteiger partial charge in [-0.2, -0.15) is 19.6 Å². The molecule has 29 heavy (non-hydrogen) atoms. The first-order chi connectivity index (χ1) is 14.0. The number of thioether (sulfide) groups is 1. The molecule has 4 heterocycles. The molecule has 2 aromatic heterocycles. The summed E-state index contributed by atoms with van der Waals surface area (Å²) >= 11 is 5.06. The molecule has 2 aliphatic heterocycles. The molecule has 3 aliphatic rings. The summed E-state index contributed by atoms with van der Waals surface area (Å²) in [6, 6.07) is -0.171. The third-order valence-electron chi connectivity index (χ3n) is 4.50. The van der Waals surface area contributed by atoms with Crippen LogP contribution in [0.4, 0.5) is 16.7 Å². The van der Waals surface area contributed by atoms with E-state index in [1.165, 1.54) is 0 Å². The largest absolute Gasteiger partial charge is 0.353 e. The molecule has 150 valence electrons. The van der Waals surface area contributed by atoms with Crippen LogP contribution in [0.3, 0.4) is 0 Å². The highest BCUT2D eigenvalue weighted by Gasteiger charge is 2.26. The number of urea groups is 1. The van der Waals surface area contributed by atoms with Crippen LogP contribution in [0, 0.1) is 0 Å². The molecule has 0 bridgehead atoms. The normalized spacial score (nSPS) is 22.7. The fourth-order valence-corrected chi connectivity index (χ4v) is 4.59. The maximum atomic E-state index is 11.8. The highest BCUT2D eigenvalue weighted by atomic mass is 79.9. The van der Waals surface area contributed by atoms with E-state index in [0.29, 0.717) is 40.9 Å². The van der Waals surface area contributed by atoms with Crippen LogP contribution in [-0.4, -0.2) is 59.9 Å². The Bertz CT molecular complexity index is 1080. The number of amides is 3. The molecule has 13 heteroatoms. The van der Waals surface area contributed by atoms with Crippen molar-refractivity contribution in [3.63, 3.8) is 0 Å². The molecule has 1 unspecified atom stereocenters. The molecular weight excluding hydrogens is 462 g/mol. The monoisotopic (exact) mass is 477 g/mol. The molecule has 0 spiro atoms. The van der Waals surface area contributed by atoms with Crippen molar-refractivity contribution < 1.29 is 9.59 Å². The zero-order valence-corrected chi connectivity index (χ0v) is 17.4. The van der Waals surface area contributed by atoms with E-state index in [0.717, 1.165) is 23.3 Å². The third kappa shape index (κ3) is 3.92. The van der Waals surface area contributed by atoms with Gasteiger partial charge in [0, 0.05) is 23.4 Å². The number of fused-ring (bicyclic) bond motifs is 1. The van der Waals surface area contributed by atoms with E-state index in [4.69, 9.17) is 0 Å². The molecule has 1 aliphatic carbocycles. The summed E-state index contributed by atoms with van der Waals surface area (Å²) in [6.45, 7) is 1.39. The number of aliphatic imine (C=N–C) groups is 1. The van der Waals surface area contributed by atoms with Gasteiger partial charge in [-0.1, -0.05) is 11.8 Å². The molecule has 2 fully saturated rings. The van der Waals surface area contributed by atoms with Crippen molar-refractivity contribution in [3.05, 3.63) is 17.5 Å². The Morgan fingerprint density at radius 2 is 2.17 bits per heavy atom. The van der Waals surface area contributed by atoms with Gasteiger partial charge in [0.1, 0.15) is 9.65 Å². The highest BCUT2D eigenvalue weighted by Crippen LogP contribution is 2.27. The lowest BCUT2D eigenvalue weighted by molar-refractivity contribution is -0.115. The number of halogens is 1.